The Morgan fingerprint density at radius 2 is 1.90 bits per heavy atom. The van der Waals surface area contributed by atoms with Crippen molar-refractivity contribution in [2.75, 3.05) is 5.32 Å². The van der Waals surface area contributed by atoms with Crippen LogP contribution in [0.5, 0.6) is 0 Å². The third kappa shape index (κ3) is 4.11. The summed E-state index contributed by atoms with van der Waals surface area (Å²) < 4.78 is 14.9. The third-order valence-corrected chi connectivity index (χ3v) is 6.35. The van der Waals surface area contributed by atoms with Crippen molar-refractivity contribution in [3.63, 3.8) is 0 Å². The van der Waals surface area contributed by atoms with E-state index in [1.165, 1.54) is 23.5 Å². The van der Waals surface area contributed by atoms with Crippen LogP contribution in [0.2, 0.25) is 0 Å². The number of aromatic nitrogens is 4. The molecule has 2 aromatic heterocycles. The lowest BCUT2D eigenvalue weighted by atomic mass is 10.1. The number of nitrogens with one attached hydrogen (secondary N) is 1. The van der Waals surface area contributed by atoms with Crippen LogP contribution in [0.25, 0.3) is 5.69 Å². The molecule has 1 fully saturated rings. The molecular formula is C23H20FN5OS. The third-order valence-electron chi connectivity index (χ3n) is 5.28. The Labute approximate surface area is 182 Å². The van der Waals surface area contributed by atoms with Crippen LogP contribution in [0.15, 0.2) is 54.6 Å². The topological polar surface area (TPSA) is 72.7 Å². The highest BCUT2D eigenvalue weighted by Gasteiger charge is 2.34. The quantitative estimate of drug-likeness (QED) is 0.470. The molecule has 0 unspecified atom stereocenters. The van der Waals surface area contributed by atoms with Gasteiger partial charge >= 0.3 is 0 Å². The molecule has 0 bridgehead atoms. The molecule has 4 aromatic rings. The number of benzene rings is 2. The Balaban J connectivity index is 1.37. The van der Waals surface area contributed by atoms with Crippen molar-refractivity contribution < 1.29 is 9.18 Å². The molecule has 1 N–H and O–H groups in total. The average Bonchev–Trinajstić information content (AvgIpc) is 3.42. The maximum absolute atomic E-state index is 13.1. The number of halogens is 1. The maximum atomic E-state index is 13.1. The molecule has 1 aliphatic carbocycles. The summed E-state index contributed by atoms with van der Waals surface area (Å²) in [5.74, 6) is -0.262. The van der Waals surface area contributed by atoms with Crippen molar-refractivity contribution >= 4 is 22.4 Å². The van der Waals surface area contributed by atoms with E-state index in [2.05, 4.69) is 20.6 Å². The van der Waals surface area contributed by atoms with Gasteiger partial charge < -0.3 is 0 Å². The van der Waals surface area contributed by atoms with Gasteiger partial charge in [0.05, 0.1) is 17.1 Å². The van der Waals surface area contributed by atoms with Gasteiger partial charge in [0.25, 0.3) is 5.91 Å². The molecule has 0 spiro atoms. The van der Waals surface area contributed by atoms with Gasteiger partial charge in [-0.2, -0.15) is 0 Å². The molecule has 1 aliphatic rings. The smallest absolute Gasteiger partial charge is 0.279 e. The van der Waals surface area contributed by atoms with Gasteiger partial charge in [-0.3, -0.25) is 10.1 Å². The van der Waals surface area contributed by atoms with E-state index in [9.17, 15) is 9.18 Å². The molecule has 5 rings (SSSR count). The molecule has 31 heavy (non-hydrogen) atoms. The highest BCUT2D eigenvalue weighted by atomic mass is 32.1. The van der Waals surface area contributed by atoms with E-state index in [0.717, 1.165) is 40.4 Å². The zero-order valence-electron chi connectivity index (χ0n) is 16.9. The molecule has 0 saturated heterocycles. The van der Waals surface area contributed by atoms with Crippen molar-refractivity contribution in [3.05, 3.63) is 87.9 Å². The number of nitrogens with zero attached hydrogens (tertiary/aromatic N) is 4. The standard InChI is InChI=1S/C23H20FN5OS/c1-14-19(13-15-7-11-17(24)12-8-15)31-23(25-14)26-22(30)20-21(16-9-10-16)29(28-27-20)18-5-3-2-4-6-18/h2-8,11-12,16H,9-10,13H2,1H3,(H,25,26,30). The van der Waals surface area contributed by atoms with Crippen molar-refractivity contribution in [1.29, 1.82) is 0 Å². The summed E-state index contributed by atoms with van der Waals surface area (Å²) in [6.07, 6.45) is 2.69. The molecule has 1 amide bonds. The van der Waals surface area contributed by atoms with Crippen LogP contribution >= 0.6 is 11.3 Å². The molecule has 0 aliphatic heterocycles. The number of amides is 1. The molecule has 2 heterocycles. The normalized spacial score (nSPS) is 13.4. The Bertz CT molecular complexity index is 1230. The number of hydrogen-bond acceptors (Lipinski definition) is 5. The summed E-state index contributed by atoms with van der Waals surface area (Å²) in [7, 11) is 0. The van der Waals surface area contributed by atoms with Gasteiger partial charge in [0.2, 0.25) is 0 Å². The van der Waals surface area contributed by atoms with E-state index >= 15 is 0 Å². The molecule has 2 aromatic carbocycles. The monoisotopic (exact) mass is 433 g/mol. The number of aryl methyl sites for hydroxylation is 1. The van der Waals surface area contributed by atoms with Crippen LogP contribution < -0.4 is 5.32 Å². The van der Waals surface area contributed by atoms with Crippen molar-refractivity contribution in [2.24, 2.45) is 0 Å². The Kier molecular flexibility index (Phi) is 5.07. The maximum Gasteiger partial charge on any atom is 0.279 e. The second kappa shape index (κ2) is 8.03. The number of carbonyl (C=O) groups is 1. The molecule has 0 radical (unpaired) electrons. The van der Waals surface area contributed by atoms with Gasteiger partial charge in [0.1, 0.15) is 5.82 Å². The van der Waals surface area contributed by atoms with Crippen LogP contribution in [-0.4, -0.2) is 25.9 Å². The van der Waals surface area contributed by atoms with E-state index in [4.69, 9.17) is 0 Å². The van der Waals surface area contributed by atoms with Crippen LogP contribution in [0.1, 0.15) is 51.1 Å². The predicted molar refractivity (Wildman–Crippen MR) is 117 cm³/mol. The van der Waals surface area contributed by atoms with Gasteiger partial charge in [-0.1, -0.05) is 35.5 Å². The van der Waals surface area contributed by atoms with Crippen LogP contribution in [0.4, 0.5) is 9.52 Å². The van der Waals surface area contributed by atoms with Crippen LogP contribution in [0, 0.1) is 12.7 Å². The van der Waals surface area contributed by atoms with Gasteiger partial charge in [-0.05, 0) is 49.6 Å². The van der Waals surface area contributed by atoms with Crippen molar-refractivity contribution in [1.82, 2.24) is 20.0 Å². The first-order valence-electron chi connectivity index (χ1n) is 10.1. The fraction of sp³-hybridized carbons (Fsp3) is 0.217. The second-order valence-corrected chi connectivity index (χ2v) is 8.71. The highest BCUT2D eigenvalue weighted by molar-refractivity contribution is 7.15. The predicted octanol–water partition coefficient (Wildman–Crippen LogP) is 4.89. The van der Waals surface area contributed by atoms with E-state index in [1.807, 2.05) is 37.3 Å². The number of carbonyl (C=O) groups excluding carboxylic acids is 1. The Morgan fingerprint density at radius 3 is 2.61 bits per heavy atom. The number of rotatable bonds is 6. The Morgan fingerprint density at radius 1 is 1.16 bits per heavy atom. The summed E-state index contributed by atoms with van der Waals surface area (Å²) in [5.41, 5.74) is 3.93. The summed E-state index contributed by atoms with van der Waals surface area (Å²) in [5, 5.41) is 11.9. The summed E-state index contributed by atoms with van der Waals surface area (Å²) in [6, 6.07) is 16.1. The molecule has 156 valence electrons. The minimum atomic E-state index is -0.300. The fourth-order valence-electron chi connectivity index (χ4n) is 3.52. The Hall–Kier alpha value is -3.39. The number of hydrogen-bond donors (Lipinski definition) is 1. The van der Waals surface area contributed by atoms with E-state index < -0.39 is 0 Å². The second-order valence-electron chi connectivity index (χ2n) is 7.63. The summed E-state index contributed by atoms with van der Waals surface area (Å²) in [4.78, 5) is 18.6. The minimum absolute atomic E-state index is 0.257. The lowest BCUT2D eigenvalue weighted by Crippen LogP contribution is -2.15. The average molecular weight is 434 g/mol. The first-order valence-corrected chi connectivity index (χ1v) is 10.9. The first kappa shape index (κ1) is 19.6. The zero-order valence-corrected chi connectivity index (χ0v) is 17.7. The first-order chi connectivity index (χ1) is 15.1. The highest BCUT2D eigenvalue weighted by Crippen LogP contribution is 2.42. The zero-order chi connectivity index (χ0) is 21.4. The molecule has 6 nitrogen and oxygen atoms in total. The largest absolute Gasteiger partial charge is 0.296 e. The van der Waals surface area contributed by atoms with Crippen molar-refractivity contribution in [2.45, 2.75) is 32.1 Å². The SMILES string of the molecule is Cc1nc(NC(=O)c2nnn(-c3ccccc3)c2C2CC2)sc1Cc1ccc(F)cc1. The van der Waals surface area contributed by atoms with Gasteiger partial charge in [-0.15, -0.1) is 16.4 Å². The van der Waals surface area contributed by atoms with Gasteiger partial charge in [0, 0.05) is 17.2 Å². The molecular weight excluding hydrogens is 413 g/mol. The molecule has 1 saturated carbocycles. The van der Waals surface area contributed by atoms with Crippen LogP contribution in [0.3, 0.4) is 0 Å². The molecule has 8 heteroatoms. The van der Waals surface area contributed by atoms with E-state index in [1.54, 1.807) is 16.8 Å². The number of anilines is 1. The summed E-state index contributed by atoms with van der Waals surface area (Å²) >= 11 is 1.42. The van der Waals surface area contributed by atoms with E-state index in [0.29, 0.717) is 23.2 Å². The fourth-order valence-corrected chi connectivity index (χ4v) is 4.52. The lowest BCUT2D eigenvalue weighted by Gasteiger charge is -2.06. The lowest BCUT2D eigenvalue weighted by molar-refractivity contribution is 0.102. The van der Waals surface area contributed by atoms with Gasteiger partial charge in [-0.25, -0.2) is 14.1 Å². The van der Waals surface area contributed by atoms with Gasteiger partial charge in [0.15, 0.2) is 10.8 Å². The number of thiazole rings is 1. The molecule has 0 atom stereocenters. The number of para-hydroxylation sites is 1. The van der Waals surface area contributed by atoms with Crippen molar-refractivity contribution in [3.8, 4) is 5.69 Å². The minimum Gasteiger partial charge on any atom is -0.296 e. The summed E-state index contributed by atoms with van der Waals surface area (Å²) in [6.45, 7) is 1.91. The van der Waals surface area contributed by atoms with Crippen LogP contribution in [-0.2, 0) is 6.42 Å². The van der Waals surface area contributed by atoms with E-state index in [-0.39, 0.29) is 11.7 Å².